The van der Waals surface area contributed by atoms with E-state index in [4.69, 9.17) is 0 Å². The Bertz CT molecular complexity index is 1250. The molecule has 0 spiro atoms. The molecule has 1 N–H and O–H groups in total. The molecule has 0 bridgehead atoms. The number of hydrogen-bond donors (Lipinski definition) is 1. The van der Waals surface area contributed by atoms with Gasteiger partial charge in [-0.2, -0.15) is 0 Å². The Labute approximate surface area is 252 Å². The second-order valence-corrected chi connectivity index (χ2v) is 13.5. The number of aliphatic hydroxyl groups excluding tert-OH is 1. The molecule has 0 aromatic heterocycles. The SMILES string of the molecule is CC1=C(\C=C/C(C)=C\C=C/C(C)=C\C=C/C=C(C)\C=C/C=C(C)\C=C\C2=C(C)C[C@@H](O)CC2(C)C)C(C)(C)CCC1. The molecule has 222 valence electrons. The molecule has 0 aromatic rings. The van der Waals surface area contributed by atoms with E-state index in [1.165, 1.54) is 58.3 Å². The molecule has 1 atom stereocenters. The second-order valence-electron chi connectivity index (χ2n) is 13.5. The molecule has 0 saturated carbocycles. The predicted octanol–water partition coefficient (Wildman–Crippen LogP) is 11.6. The minimum Gasteiger partial charge on any atom is -0.393 e. The summed E-state index contributed by atoms with van der Waals surface area (Å²) in [6, 6.07) is 0. The van der Waals surface area contributed by atoms with Crippen LogP contribution in [0.3, 0.4) is 0 Å². The summed E-state index contributed by atoms with van der Waals surface area (Å²) in [5.41, 5.74) is 10.9. The van der Waals surface area contributed by atoms with Crippen molar-refractivity contribution in [3.8, 4) is 0 Å². The molecule has 41 heavy (non-hydrogen) atoms. The smallest absolute Gasteiger partial charge is 0.0585 e. The van der Waals surface area contributed by atoms with Crippen molar-refractivity contribution in [2.24, 2.45) is 10.8 Å². The highest BCUT2D eigenvalue weighted by molar-refractivity contribution is 5.39. The summed E-state index contributed by atoms with van der Waals surface area (Å²) in [6.45, 7) is 22.2. The third-order valence-electron chi connectivity index (χ3n) is 8.31. The molecule has 0 fully saturated rings. The summed E-state index contributed by atoms with van der Waals surface area (Å²) in [4.78, 5) is 0. The maximum absolute atomic E-state index is 10.1. The van der Waals surface area contributed by atoms with E-state index >= 15 is 0 Å². The van der Waals surface area contributed by atoms with Gasteiger partial charge in [-0.1, -0.05) is 146 Å². The van der Waals surface area contributed by atoms with Gasteiger partial charge in [-0.05, 0) is 95.6 Å². The van der Waals surface area contributed by atoms with E-state index in [1.54, 1.807) is 5.57 Å². The van der Waals surface area contributed by atoms with Crippen LogP contribution in [0.4, 0.5) is 0 Å². The molecule has 0 aromatic carbocycles. The molecule has 2 aliphatic carbocycles. The van der Waals surface area contributed by atoms with Gasteiger partial charge in [0.2, 0.25) is 0 Å². The number of aliphatic hydroxyl groups is 1. The molecule has 1 nitrogen and oxygen atoms in total. The van der Waals surface area contributed by atoms with Gasteiger partial charge in [0.25, 0.3) is 0 Å². The second kappa shape index (κ2) is 15.9. The lowest BCUT2D eigenvalue weighted by Crippen LogP contribution is -2.28. The van der Waals surface area contributed by atoms with Gasteiger partial charge in [0.15, 0.2) is 0 Å². The minimum absolute atomic E-state index is 0.0128. The zero-order valence-electron chi connectivity index (χ0n) is 27.6. The van der Waals surface area contributed by atoms with Crippen LogP contribution >= 0.6 is 0 Å². The normalized spacial score (nSPS) is 23.5. The monoisotopic (exact) mass is 552 g/mol. The van der Waals surface area contributed by atoms with Crippen LogP contribution in [0, 0.1) is 10.8 Å². The third-order valence-corrected chi connectivity index (χ3v) is 8.31. The summed E-state index contributed by atoms with van der Waals surface area (Å²) in [6.07, 6.45) is 35.5. The molecule has 0 saturated heterocycles. The van der Waals surface area contributed by atoms with E-state index in [1.807, 2.05) is 0 Å². The maximum atomic E-state index is 10.1. The van der Waals surface area contributed by atoms with Crippen LogP contribution in [0.2, 0.25) is 0 Å². The van der Waals surface area contributed by atoms with Crippen molar-refractivity contribution in [3.05, 3.63) is 130 Å². The molecule has 2 aliphatic rings. The first-order chi connectivity index (χ1) is 19.2. The molecule has 0 amide bonds. The van der Waals surface area contributed by atoms with Gasteiger partial charge in [0.1, 0.15) is 0 Å². The standard InChI is InChI=1S/C40H56O/c1-30(18-13-20-32(3)23-25-37-34(5)22-15-27-39(37,7)8)16-11-12-17-31(2)19-14-21-33(4)24-26-38-35(6)28-36(41)29-40(38,9)10/h11-14,16-21,23-26,36,41H,15,22,27-29H2,1-10H3/b12-11-,18-13-,19-14-,25-23-,26-24+,30-16-,31-17-,32-20-,33-21-/t36-/m1/s1. The first-order valence-electron chi connectivity index (χ1n) is 15.4. The zero-order chi connectivity index (χ0) is 30.6. The van der Waals surface area contributed by atoms with E-state index < -0.39 is 0 Å². The van der Waals surface area contributed by atoms with Crippen LogP contribution in [0.25, 0.3) is 0 Å². The zero-order valence-corrected chi connectivity index (χ0v) is 27.6. The Morgan fingerprint density at radius 2 is 1.07 bits per heavy atom. The van der Waals surface area contributed by atoms with Crippen LogP contribution in [-0.4, -0.2) is 11.2 Å². The summed E-state index contributed by atoms with van der Waals surface area (Å²) >= 11 is 0. The highest BCUT2D eigenvalue weighted by Crippen LogP contribution is 2.42. The number of rotatable bonds is 10. The van der Waals surface area contributed by atoms with Crippen molar-refractivity contribution < 1.29 is 5.11 Å². The Kier molecular flexibility index (Phi) is 13.3. The van der Waals surface area contributed by atoms with Crippen LogP contribution in [0.5, 0.6) is 0 Å². The third kappa shape index (κ3) is 11.9. The summed E-state index contributed by atoms with van der Waals surface area (Å²) in [5.74, 6) is 0. The lowest BCUT2D eigenvalue weighted by molar-refractivity contribution is 0.116. The first-order valence-corrected chi connectivity index (χ1v) is 15.4. The number of hydrogen-bond acceptors (Lipinski definition) is 1. The summed E-state index contributed by atoms with van der Waals surface area (Å²) < 4.78 is 0. The van der Waals surface area contributed by atoms with Crippen molar-refractivity contribution >= 4 is 0 Å². The van der Waals surface area contributed by atoms with E-state index in [0.717, 1.165) is 12.8 Å². The minimum atomic E-state index is -0.220. The van der Waals surface area contributed by atoms with E-state index in [9.17, 15) is 5.11 Å². The van der Waals surface area contributed by atoms with Gasteiger partial charge in [0.05, 0.1) is 6.10 Å². The van der Waals surface area contributed by atoms with Gasteiger partial charge in [-0.15, -0.1) is 0 Å². The van der Waals surface area contributed by atoms with Gasteiger partial charge in [-0.25, -0.2) is 0 Å². The van der Waals surface area contributed by atoms with Crippen molar-refractivity contribution in [2.45, 2.75) is 107 Å². The largest absolute Gasteiger partial charge is 0.393 e. The molecule has 1 heteroatoms. The van der Waals surface area contributed by atoms with E-state index in [-0.39, 0.29) is 16.9 Å². The maximum Gasteiger partial charge on any atom is 0.0585 e. The molecular formula is C40H56O. The van der Waals surface area contributed by atoms with Crippen LogP contribution in [-0.2, 0) is 0 Å². The van der Waals surface area contributed by atoms with Crippen molar-refractivity contribution in [1.82, 2.24) is 0 Å². The van der Waals surface area contributed by atoms with Crippen LogP contribution in [0.1, 0.15) is 101 Å². The van der Waals surface area contributed by atoms with Gasteiger partial charge < -0.3 is 5.11 Å². The van der Waals surface area contributed by atoms with Gasteiger partial charge in [-0.3, -0.25) is 0 Å². The molecule has 2 rings (SSSR count). The van der Waals surface area contributed by atoms with Crippen molar-refractivity contribution in [3.63, 3.8) is 0 Å². The average Bonchev–Trinajstić information content (AvgIpc) is 2.84. The topological polar surface area (TPSA) is 20.2 Å². The summed E-state index contributed by atoms with van der Waals surface area (Å²) in [7, 11) is 0. The Balaban J connectivity index is 1.90. The van der Waals surface area contributed by atoms with E-state index in [0.29, 0.717) is 0 Å². The predicted molar refractivity (Wildman–Crippen MR) is 183 cm³/mol. The highest BCUT2D eigenvalue weighted by Gasteiger charge is 2.31. The van der Waals surface area contributed by atoms with Crippen LogP contribution < -0.4 is 0 Å². The van der Waals surface area contributed by atoms with Crippen molar-refractivity contribution in [1.29, 1.82) is 0 Å². The molecule has 0 heterocycles. The Hall–Kier alpha value is -2.90. The lowest BCUT2D eigenvalue weighted by atomic mass is 9.71. The summed E-state index contributed by atoms with van der Waals surface area (Å²) in [5, 5.41) is 10.1. The fourth-order valence-corrected chi connectivity index (χ4v) is 5.96. The molecule has 0 radical (unpaired) electrons. The quantitative estimate of drug-likeness (QED) is 0.267. The molecule has 0 aliphatic heterocycles. The average molecular weight is 553 g/mol. The first kappa shape index (κ1) is 34.3. The van der Waals surface area contributed by atoms with Crippen molar-refractivity contribution in [2.75, 3.05) is 0 Å². The lowest BCUT2D eigenvalue weighted by Gasteiger charge is -2.35. The molecular weight excluding hydrogens is 496 g/mol. The van der Waals surface area contributed by atoms with Gasteiger partial charge in [0, 0.05) is 0 Å². The highest BCUT2D eigenvalue weighted by atomic mass is 16.3. The number of allylic oxidation sites excluding steroid dienone is 21. The van der Waals surface area contributed by atoms with Gasteiger partial charge >= 0.3 is 0 Å². The molecule has 0 unspecified atom stereocenters. The fourth-order valence-electron chi connectivity index (χ4n) is 5.96. The Morgan fingerprint density at radius 1 is 0.634 bits per heavy atom. The Morgan fingerprint density at radius 3 is 1.54 bits per heavy atom. The van der Waals surface area contributed by atoms with E-state index in [2.05, 4.69) is 154 Å². The van der Waals surface area contributed by atoms with Crippen LogP contribution in [0.15, 0.2) is 130 Å². The fraction of sp³-hybridized carbons (Fsp3) is 0.450.